The molecular formula is C23H21N3. The number of anilines is 3. The molecule has 0 spiro atoms. The van der Waals surface area contributed by atoms with Gasteiger partial charge in [0.1, 0.15) is 5.69 Å². The smallest absolute Gasteiger partial charge is 0.117 e. The highest BCUT2D eigenvalue weighted by Crippen LogP contribution is 2.41. The molecule has 1 heterocycles. The molecule has 0 fully saturated rings. The second-order valence-electron chi connectivity index (χ2n) is 6.28. The predicted octanol–water partition coefficient (Wildman–Crippen LogP) is 5.87. The Morgan fingerprint density at radius 3 is 1.65 bits per heavy atom. The van der Waals surface area contributed by atoms with Crippen LogP contribution in [0.15, 0.2) is 91.0 Å². The number of rotatable bonds is 4. The molecule has 3 aromatic carbocycles. The standard InChI is InChI=1S/C23H21N3/c1-18-23(22(24-25(18)2)19-12-6-3-7-13-19)26(20-14-8-4-9-15-20)21-16-10-5-11-17-21/h3-17H,1-2H3. The lowest BCUT2D eigenvalue weighted by molar-refractivity contribution is 0.743. The van der Waals surface area contributed by atoms with E-state index in [-0.39, 0.29) is 0 Å². The molecular weight excluding hydrogens is 318 g/mol. The molecule has 0 aliphatic carbocycles. The SMILES string of the molecule is Cc1c(N(c2ccccc2)c2ccccc2)c(-c2ccccc2)nn1C. The quantitative estimate of drug-likeness (QED) is 0.464. The van der Waals surface area contributed by atoms with Gasteiger partial charge >= 0.3 is 0 Å². The van der Waals surface area contributed by atoms with Crippen molar-refractivity contribution in [2.75, 3.05) is 4.90 Å². The molecule has 0 aliphatic rings. The number of benzene rings is 3. The lowest BCUT2D eigenvalue weighted by atomic mass is 10.1. The van der Waals surface area contributed by atoms with Gasteiger partial charge in [0, 0.05) is 24.0 Å². The monoisotopic (exact) mass is 339 g/mol. The van der Waals surface area contributed by atoms with Crippen molar-refractivity contribution in [2.45, 2.75) is 6.92 Å². The zero-order valence-corrected chi connectivity index (χ0v) is 15.0. The molecule has 128 valence electrons. The molecule has 0 atom stereocenters. The molecule has 26 heavy (non-hydrogen) atoms. The van der Waals surface area contributed by atoms with Crippen molar-refractivity contribution in [3.05, 3.63) is 96.7 Å². The Labute approximate surface area is 154 Å². The Morgan fingerprint density at radius 2 is 1.15 bits per heavy atom. The summed E-state index contributed by atoms with van der Waals surface area (Å²) in [7, 11) is 2.00. The average Bonchev–Trinajstić information content (AvgIpc) is 3.00. The summed E-state index contributed by atoms with van der Waals surface area (Å²) < 4.78 is 1.95. The van der Waals surface area contributed by atoms with Crippen molar-refractivity contribution >= 4 is 17.1 Å². The fourth-order valence-electron chi connectivity index (χ4n) is 3.22. The van der Waals surface area contributed by atoms with Gasteiger partial charge in [-0.15, -0.1) is 0 Å². The lowest BCUT2D eigenvalue weighted by Crippen LogP contribution is -2.11. The van der Waals surface area contributed by atoms with Crippen LogP contribution in [0.3, 0.4) is 0 Å². The molecule has 4 aromatic rings. The maximum atomic E-state index is 4.83. The zero-order chi connectivity index (χ0) is 17.9. The molecule has 0 aliphatic heterocycles. The summed E-state index contributed by atoms with van der Waals surface area (Å²) in [6.45, 7) is 2.12. The molecule has 3 nitrogen and oxygen atoms in total. The van der Waals surface area contributed by atoms with E-state index >= 15 is 0 Å². The highest BCUT2D eigenvalue weighted by Gasteiger charge is 2.23. The zero-order valence-electron chi connectivity index (χ0n) is 15.0. The van der Waals surface area contributed by atoms with Gasteiger partial charge in [-0.05, 0) is 31.2 Å². The maximum absolute atomic E-state index is 4.83. The Hall–Kier alpha value is -3.33. The van der Waals surface area contributed by atoms with Gasteiger partial charge < -0.3 is 4.90 Å². The largest absolute Gasteiger partial charge is 0.307 e. The van der Waals surface area contributed by atoms with Gasteiger partial charge in [0.15, 0.2) is 0 Å². The fraction of sp³-hybridized carbons (Fsp3) is 0.0870. The van der Waals surface area contributed by atoms with Crippen LogP contribution < -0.4 is 4.90 Å². The van der Waals surface area contributed by atoms with Crippen molar-refractivity contribution in [3.8, 4) is 11.3 Å². The topological polar surface area (TPSA) is 21.1 Å². The highest BCUT2D eigenvalue weighted by molar-refractivity contribution is 5.87. The van der Waals surface area contributed by atoms with Crippen LogP contribution in [0.25, 0.3) is 11.3 Å². The van der Waals surface area contributed by atoms with E-state index in [9.17, 15) is 0 Å². The molecule has 0 amide bonds. The molecule has 0 unspecified atom stereocenters. The van der Waals surface area contributed by atoms with Gasteiger partial charge in [-0.2, -0.15) is 5.10 Å². The van der Waals surface area contributed by atoms with Crippen LogP contribution in [0.1, 0.15) is 5.69 Å². The van der Waals surface area contributed by atoms with Gasteiger partial charge in [-0.1, -0.05) is 66.7 Å². The van der Waals surface area contributed by atoms with Crippen molar-refractivity contribution in [2.24, 2.45) is 7.05 Å². The molecule has 3 heteroatoms. The summed E-state index contributed by atoms with van der Waals surface area (Å²) in [4.78, 5) is 2.28. The predicted molar refractivity (Wildman–Crippen MR) is 108 cm³/mol. The molecule has 0 N–H and O–H groups in total. The summed E-state index contributed by atoms with van der Waals surface area (Å²) >= 11 is 0. The van der Waals surface area contributed by atoms with Crippen LogP contribution >= 0.6 is 0 Å². The van der Waals surface area contributed by atoms with Crippen molar-refractivity contribution in [3.63, 3.8) is 0 Å². The van der Waals surface area contributed by atoms with E-state index in [1.54, 1.807) is 0 Å². The third kappa shape index (κ3) is 2.88. The van der Waals surface area contributed by atoms with E-state index in [4.69, 9.17) is 5.10 Å². The first-order valence-electron chi connectivity index (χ1n) is 8.75. The maximum Gasteiger partial charge on any atom is 0.117 e. The first-order valence-corrected chi connectivity index (χ1v) is 8.75. The highest BCUT2D eigenvalue weighted by atomic mass is 15.3. The number of aromatic nitrogens is 2. The number of para-hydroxylation sites is 2. The van der Waals surface area contributed by atoms with E-state index in [0.29, 0.717) is 0 Å². The molecule has 0 bridgehead atoms. The summed E-state index contributed by atoms with van der Waals surface area (Å²) in [5.41, 5.74) is 6.56. The summed E-state index contributed by atoms with van der Waals surface area (Å²) in [5, 5.41) is 4.83. The van der Waals surface area contributed by atoms with Gasteiger partial charge in [-0.25, -0.2) is 0 Å². The number of nitrogens with zero attached hydrogens (tertiary/aromatic N) is 3. The molecule has 0 radical (unpaired) electrons. The van der Waals surface area contributed by atoms with E-state index < -0.39 is 0 Å². The van der Waals surface area contributed by atoms with E-state index in [0.717, 1.165) is 34.0 Å². The Morgan fingerprint density at radius 1 is 0.692 bits per heavy atom. The van der Waals surface area contributed by atoms with Gasteiger partial charge in [-0.3, -0.25) is 4.68 Å². The van der Waals surface area contributed by atoms with Crippen LogP contribution in [0, 0.1) is 6.92 Å². The second-order valence-corrected chi connectivity index (χ2v) is 6.28. The minimum atomic E-state index is 0.985. The minimum Gasteiger partial charge on any atom is -0.307 e. The van der Waals surface area contributed by atoms with Crippen LogP contribution in [0.5, 0.6) is 0 Å². The van der Waals surface area contributed by atoms with Gasteiger partial charge in [0.05, 0.1) is 11.4 Å². The third-order valence-corrected chi connectivity index (χ3v) is 4.60. The summed E-state index contributed by atoms with van der Waals surface area (Å²) in [6.07, 6.45) is 0. The van der Waals surface area contributed by atoms with E-state index in [1.807, 2.05) is 29.9 Å². The third-order valence-electron chi connectivity index (χ3n) is 4.60. The molecule has 0 saturated heterocycles. The molecule has 1 aromatic heterocycles. The van der Waals surface area contributed by atoms with Crippen molar-refractivity contribution < 1.29 is 0 Å². The normalized spacial score (nSPS) is 10.7. The van der Waals surface area contributed by atoms with E-state index in [2.05, 4.69) is 84.6 Å². The summed E-state index contributed by atoms with van der Waals surface area (Å²) in [5.74, 6) is 0. The first kappa shape index (κ1) is 16.2. The number of hydrogen-bond donors (Lipinski definition) is 0. The first-order chi connectivity index (χ1) is 12.8. The fourth-order valence-corrected chi connectivity index (χ4v) is 3.22. The van der Waals surface area contributed by atoms with Crippen molar-refractivity contribution in [1.29, 1.82) is 0 Å². The van der Waals surface area contributed by atoms with Crippen LogP contribution in [-0.2, 0) is 7.05 Å². The Balaban J connectivity index is 1.98. The Bertz CT molecular complexity index is 950. The minimum absolute atomic E-state index is 0.985. The van der Waals surface area contributed by atoms with Gasteiger partial charge in [0.2, 0.25) is 0 Å². The van der Waals surface area contributed by atoms with Crippen molar-refractivity contribution in [1.82, 2.24) is 9.78 Å². The van der Waals surface area contributed by atoms with Crippen LogP contribution in [0.4, 0.5) is 17.1 Å². The lowest BCUT2D eigenvalue weighted by Gasteiger charge is -2.26. The van der Waals surface area contributed by atoms with E-state index in [1.165, 1.54) is 0 Å². The average molecular weight is 339 g/mol. The van der Waals surface area contributed by atoms with Crippen LogP contribution in [-0.4, -0.2) is 9.78 Å². The second kappa shape index (κ2) is 6.89. The van der Waals surface area contributed by atoms with Gasteiger partial charge in [0.25, 0.3) is 0 Å². The van der Waals surface area contributed by atoms with Crippen LogP contribution in [0.2, 0.25) is 0 Å². The molecule has 0 saturated carbocycles. The number of hydrogen-bond acceptors (Lipinski definition) is 2. The summed E-state index contributed by atoms with van der Waals surface area (Å²) in [6, 6.07) is 31.3. The number of aryl methyl sites for hydroxylation is 1. The Kier molecular flexibility index (Phi) is 4.28. The molecule has 4 rings (SSSR count).